The van der Waals surface area contributed by atoms with E-state index in [1.165, 1.54) is 22.9 Å². The molecule has 0 bridgehead atoms. The fraction of sp³-hybridized carbons (Fsp3) is 0.192. The molecule has 5 nitrogen and oxygen atoms in total. The summed E-state index contributed by atoms with van der Waals surface area (Å²) in [6.07, 6.45) is 3.16. The summed E-state index contributed by atoms with van der Waals surface area (Å²) in [5, 5.41) is 12.8. The van der Waals surface area contributed by atoms with E-state index in [0.29, 0.717) is 10.9 Å². The van der Waals surface area contributed by atoms with Crippen LogP contribution in [0.5, 0.6) is 0 Å². The Kier molecular flexibility index (Phi) is 6.03. The first-order chi connectivity index (χ1) is 15.8. The molecule has 1 heterocycles. The zero-order valence-corrected chi connectivity index (χ0v) is 18.5. The number of carbonyl (C=O) groups is 1. The minimum Gasteiger partial charge on any atom is -0.349 e. The number of nitrogens with zero attached hydrogens (tertiary/aromatic N) is 3. The summed E-state index contributed by atoms with van der Waals surface area (Å²) in [6, 6.07) is 28.5. The van der Waals surface area contributed by atoms with Gasteiger partial charge in [0.2, 0.25) is 5.91 Å². The third-order valence-electron chi connectivity index (χ3n) is 5.72. The van der Waals surface area contributed by atoms with Gasteiger partial charge in [0.05, 0.1) is 11.8 Å². The molecule has 1 amide bonds. The molecule has 5 rings (SSSR count). The quantitative estimate of drug-likeness (QED) is 0.418. The molecule has 1 aliphatic carbocycles. The van der Waals surface area contributed by atoms with Crippen molar-refractivity contribution in [1.29, 1.82) is 0 Å². The first-order valence-electron chi connectivity index (χ1n) is 10.9. The van der Waals surface area contributed by atoms with Crippen molar-refractivity contribution in [2.45, 2.75) is 30.5 Å². The molecular weight excluding hydrogens is 416 g/mol. The molecule has 3 aromatic carbocycles. The molecule has 1 atom stereocenters. The molecule has 1 N–H and O–H groups in total. The van der Waals surface area contributed by atoms with Crippen molar-refractivity contribution in [3.05, 3.63) is 96.1 Å². The number of rotatable bonds is 6. The molecule has 0 spiro atoms. The highest BCUT2D eigenvalue weighted by atomic mass is 32.2. The zero-order valence-electron chi connectivity index (χ0n) is 17.6. The summed E-state index contributed by atoms with van der Waals surface area (Å²) in [5.41, 5.74) is 4.54. The maximum absolute atomic E-state index is 12.8. The summed E-state index contributed by atoms with van der Waals surface area (Å²) >= 11 is 1.41. The maximum Gasteiger partial charge on any atom is 0.230 e. The van der Waals surface area contributed by atoms with E-state index in [-0.39, 0.29) is 11.9 Å². The van der Waals surface area contributed by atoms with Crippen LogP contribution < -0.4 is 5.32 Å². The van der Waals surface area contributed by atoms with E-state index >= 15 is 0 Å². The Balaban J connectivity index is 1.35. The number of para-hydroxylation sites is 1. The van der Waals surface area contributed by atoms with Crippen molar-refractivity contribution in [2.75, 3.05) is 5.75 Å². The Bertz CT molecular complexity index is 1210. The monoisotopic (exact) mass is 440 g/mol. The van der Waals surface area contributed by atoms with E-state index < -0.39 is 0 Å². The van der Waals surface area contributed by atoms with Gasteiger partial charge in [-0.15, -0.1) is 10.2 Å². The Morgan fingerprint density at radius 2 is 1.66 bits per heavy atom. The predicted octanol–water partition coefficient (Wildman–Crippen LogP) is 5.22. The van der Waals surface area contributed by atoms with E-state index in [9.17, 15) is 4.79 Å². The minimum absolute atomic E-state index is 0.0144. The lowest BCUT2D eigenvalue weighted by atomic mass is 9.88. The summed E-state index contributed by atoms with van der Waals surface area (Å²) in [5.74, 6) is 1.07. The van der Waals surface area contributed by atoms with Gasteiger partial charge in [0.15, 0.2) is 11.0 Å². The van der Waals surface area contributed by atoms with E-state index in [1.54, 1.807) is 0 Å². The number of aryl methyl sites for hydroxylation is 1. The molecule has 6 heteroatoms. The van der Waals surface area contributed by atoms with Gasteiger partial charge >= 0.3 is 0 Å². The SMILES string of the molecule is O=C(CSc1nnc(-c2ccccc2)n1-c1ccccc1)N[C@@H]1CCCc2ccccc21. The van der Waals surface area contributed by atoms with Crippen LogP contribution >= 0.6 is 11.8 Å². The van der Waals surface area contributed by atoms with Crippen LogP contribution in [0.25, 0.3) is 17.1 Å². The van der Waals surface area contributed by atoms with Crippen molar-refractivity contribution in [2.24, 2.45) is 0 Å². The second-order valence-corrected chi connectivity index (χ2v) is 8.79. The topological polar surface area (TPSA) is 59.8 Å². The highest BCUT2D eigenvalue weighted by molar-refractivity contribution is 7.99. The molecule has 1 aromatic heterocycles. The number of benzene rings is 3. The van der Waals surface area contributed by atoms with Crippen molar-refractivity contribution in [3.8, 4) is 17.1 Å². The number of amides is 1. The molecule has 160 valence electrons. The third kappa shape index (κ3) is 4.32. The van der Waals surface area contributed by atoms with Crippen molar-refractivity contribution < 1.29 is 4.79 Å². The van der Waals surface area contributed by atoms with Crippen molar-refractivity contribution in [1.82, 2.24) is 20.1 Å². The van der Waals surface area contributed by atoms with Gasteiger partial charge in [-0.05, 0) is 42.5 Å². The molecule has 0 aliphatic heterocycles. The van der Waals surface area contributed by atoms with Crippen molar-refractivity contribution >= 4 is 17.7 Å². The standard InChI is InChI=1S/C26H24N4OS/c31-24(27-23-17-9-13-19-10-7-8-16-22(19)23)18-32-26-29-28-25(20-11-3-1-4-12-20)30(26)21-14-5-2-6-15-21/h1-8,10-12,14-16,23H,9,13,17-18H2,(H,27,31)/t23-/m1/s1. The number of aromatic nitrogens is 3. The van der Waals surface area contributed by atoms with E-state index in [0.717, 1.165) is 36.3 Å². The molecule has 32 heavy (non-hydrogen) atoms. The van der Waals surface area contributed by atoms with Crippen LogP contribution in [-0.4, -0.2) is 26.4 Å². The van der Waals surface area contributed by atoms with Gasteiger partial charge in [-0.1, -0.05) is 84.6 Å². The molecule has 0 saturated heterocycles. The fourth-order valence-corrected chi connectivity index (χ4v) is 4.98. The average Bonchev–Trinajstić information content (AvgIpc) is 3.28. The predicted molar refractivity (Wildman–Crippen MR) is 128 cm³/mol. The van der Waals surface area contributed by atoms with Gasteiger partial charge in [0.25, 0.3) is 0 Å². The van der Waals surface area contributed by atoms with E-state index in [4.69, 9.17) is 0 Å². The lowest BCUT2D eigenvalue weighted by Gasteiger charge is -2.26. The number of hydrogen-bond donors (Lipinski definition) is 1. The minimum atomic E-state index is 0.0144. The summed E-state index contributed by atoms with van der Waals surface area (Å²) in [6.45, 7) is 0. The Morgan fingerprint density at radius 3 is 2.47 bits per heavy atom. The Morgan fingerprint density at radius 1 is 0.938 bits per heavy atom. The van der Waals surface area contributed by atoms with Gasteiger partial charge in [0.1, 0.15) is 0 Å². The van der Waals surface area contributed by atoms with Crippen LogP contribution in [0.4, 0.5) is 0 Å². The largest absolute Gasteiger partial charge is 0.349 e. The number of carbonyl (C=O) groups excluding carboxylic acids is 1. The van der Waals surface area contributed by atoms with Crippen LogP contribution in [0.2, 0.25) is 0 Å². The summed E-state index contributed by atoms with van der Waals surface area (Å²) in [4.78, 5) is 12.8. The second-order valence-electron chi connectivity index (χ2n) is 7.84. The first kappa shape index (κ1) is 20.5. The average molecular weight is 441 g/mol. The second kappa shape index (κ2) is 9.40. The molecule has 0 radical (unpaired) electrons. The van der Waals surface area contributed by atoms with Gasteiger partial charge < -0.3 is 5.32 Å². The van der Waals surface area contributed by atoms with Crippen LogP contribution in [0.1, 0.15) is 30.0 Å². The highest BCUT2D eigenvalue weighted by Crippen LogP contribution is 2.30. The molecule has 4 aromatic rings. The number of fused-ring (bicyclic) bond motifs is 1. The van der Waals surface area contributed by atoms with Crippen molar-refractivity contribution in [3.63, 3.8) is 0 Å². The van der Waals surface area contributed by atoms with E-state index in [1.807, 2.05) is 71.3 Å². The molecule has 0 fully saturated rings. The van der Waals surface area contributed by atoms with Gasteiger partial charge in [-0.3, -0.25) is 9.36 Å². The van der Waals surface area contributed by atoms with Gasteiger partial charge in [-0.25, -0.2) is 0 Å². The Labute approximate surface area is 191 Å². The van der Waals surface area contributed by atoms with E-state index in [2.05, 4.69) is 33.7 Å². The zero-order chi connectivity index (χ0) is 21.8. The lowest BCUT2D eigenvalue weighted by Crippen LogP contribution is -2.32. The van der Waals surface area contributed by atoms with Crippen LogP contribution in [-0.2, 0) is 11.2 Å². The normalized spacial score (nSPS) is 15.2. The number of nitrogens with one attached hydrogen (secondary N) is 1. The van der Waals surface area contributed by atoms with Crippen LogP contribution in [0.3, 0.4) is 0 Å². The number of thioether (sulfide) groups is 1. The molecule has 0 saturated carbocycles. The lowest BCUT2D eigenvalue weighted by molar-refractivity contribution is -0.119. The number of hydrogen-bond acceptors (Lipinski definition) is 4. The molecular formula is C26H24N4OS. The molecule has 1 aliphatic rings. The smallest absolute Gasteiger partial charge is 0.230 e. The summed E-state index contributed by atoms with van der Waals surface area (Å²) in [7, 11) is 0. The Hall–Kier alpha value is -3.38. The summed E-state index contributed by atoms with van der Waals surface area (Å²) < 4.78 is 2.02. The van der Waals surface area contributed by atoms with Gasteiger partial charge in [-0.2, -0.15) is 0 Å². The van der Waals surface area contributed by atoms with Crippen LogP contribution in [0, 0.1) is 0 Å². The van der Waals surface area contributed by atoms with Crippen LogP contribution in [0.15, 0.2) is 90.1 Å². The molecule has 0 unspecified atom stereocenters. The first-order valence-corrected chi connectivity index (χ1v) is 11.8. The fourth-order valence-electron chi connectivity index (χ4n) is 4.22. The van der Waals surface area contributed by atoms with Gasteiger partial charge in [0, 0.05) is 11.3 Å². The third-order valence-corrected chi connectivity index (χ3v) is 6.65. The highest BCUT2D eigenvalue weighted by Gasteiger charge is 2.22. The maximum atomic E-state index is 12.8.